The summed E-state index contributed by atoms with van der Waals surface area (Å²) in [5.41, 5.74) is 1.49. The summed E-state index contributed by atoms with van der Waals surface area (Å²) in [7, 11) is 4.74. The lowest BCUT2D eigenvalue weighted by molar-refractivity contribution is -0.0504. The van der Waals surface area contributed by atoms with Gasteiger partial charge in [0, 0.05) is 31.3 Å². The van der Waals surface area contributed by atoms with Crippen LogP contribution in [0.15, 0.2) is 47.5 Å². The third-order valence-corrected chi connectivity index (χ3v) is 3.79. The Morgan fingerprint density at radius 1 is 0.963 bits per heavy atom. The molecule has 0 atom stereocenters. The van der Waals surface area contributed by atoms with Gasteiger partial charge in [-0.1, -0.05) is 18.2 Å². The van der Waals surface area contributed by atoms with Crippen LogP contribution < -0.4 is 24.8 Å². The van der Waals surface area contributed by atoms with Crippen LogP contribution >= 0.6 is 0 Å². The van der Waals surface area contributed by atoms with Crippen LogP contribution in [0.25, 0.3) is 0 Å². The number of nitrogens with zero attached hydrogens (tertiary/aromatic N) is 1. The molecule has 2 aromatic rings. The van der Waals surface area contributed by atoms with Crippen molar-refractivity contribution in [3.8, 4) is 17.2 Å². The predicted molar refractivity (Wildman–Crippen MR) is 99.7 cm³/mol. The van der Waals surface area contributed by atoms with E-state index in [0.29, 0.717) is 23.8 Å². The normalized spacial score (nSPS) is 11.3. The van der Waals surface area contributed by atoms with Crippen LogP contribution in [0.3, 0.4) is 0 Å². The molecule has 0 saturated carbocycles. The van der Waals surface area contributed by atoms with Crippen molar-refractivity contribution >= 4 is 5.96 Å². The third kappa shape index (κ3) is 6.02. The molecule has 0 saturated heterocycles. The summed E-state index contributed by atoms with van der Waals surface area (Å²) in [4.78, 5) is 4.14. The molecule has 0 heterocycles. The van der Waals surface area contributed by atoms with Gasteiger partial charge in [0.05, 0.1) is 14.2 Å². The zero-order valence-electron chi connectivity index (χ0n) is 15.5. The number of halogens is 2. The summed E-state index contributed by atoms with van der Waals surface area (Å²) in [6, 6.07) is 12.3. The first-order chi connectivity index (χ1) is 13.1. The molecule has 0 unspecified atom stereocenters. The Morgan fingerprint density at radius 2 is 1.67 bits per heavy atom. The van der Waals surface area contributed by atoms with Gasteiger partial charge in [0.15, 0.2) is 5.96 Å². The van der Waals surface area contributed by atoms with Crippen LogP contribution in [-0.4, -0.2) is 33.8 Å². The van der Waals surface area contributed by atoms with Crippen molar-refractivity contribution in [3.63, 3.8) is 0 Å². The summed E-state index contributed by atoms with van der Waals surface area (Å²) in [5, 5.41) is 6.23. The zero-order valence-corrected chi connectivity index (χ0v) is 15.5. The van der Waals surface area contributed by atoms with E-state index >= 15 is 0 Å². The summed E-state index contributed by atoms with van der Waals surface area (Å²) in [5.74, 6) is 1.90. The number of methoxy groups -OCH3 is 2. The largest absolute Gasteiger partial charge is 0.497 e. The van der Waals surface area contributed by atoms with Crippen molar-refractivity contribution in [2.24, 2.45) is 4.99 Å². The molecule has 0 amide bonds. The predicted octanol–water partition coefficient (Wildman–Crippen LogP) is 3.17. The highest BCUT2D eigenvalue weighted by molar-refractivity contribution is 5.79. The lowest BCUT2D eigenvalue weighted by atomic mass is 10.2. The molecule has 0 fully saturated rings. The fourth-order valence-electron chi connectivity index (χ4n) is 2.46. The summed E-state index contributed by atoms with van der Waals surface area (Å²) in [6.45, 7) is -2.19. The Labute approximate surface area is 157 Å². The standard InChI is InChI=1S/C19H23F2N3O3/c1-22-19(23-11-13-6-4-5-7-16(13)26-3)24-12-14-10-15(25-2)8-9-17(14)27-18(20)21/h4-10,18H,11-12H2,1-3H3,(H2,22,23,24). The van der Waals surface area contributed by atoms with E-state index in [1.54, 1.807) is 26.3 Å². The average Bonchev–Trinajstić information content (AvgIpc) is 2.68. The molecule has 8 heteroatoms. The number of alkyl halides is 2. The van der Waals surface area contributed by atoms with Crippen molar-refractivity contribution in [1.82, 2.24) is 10.6 Å². The molecule has 0 aromatic heterocycles. The molecule has 146 valence electrons. The van der Waals surface area contributed by atoms with Crippen molar-refractivity contribution in [1.29, 1.82) is 0 Å². The number of nitrogens with one attached hydrogen (secondary N) is 2. The Bertz CT molecular complexity index is 770. The van der Waals surface area contributed by atoms with Crippen molar-refractivity contribution in [2.45, 2.75) is 19.7 Å². The molecule has 0 aliphatic heterocycles. The SMILES string of the molecule is CN=C(NCc1ccccc1OC)NCc1cc(OC)ccc1OC(F)F. The highest BCUT2D eigenvalue weighted by atomic mass is 19.3. The number of guanidine groups is 1. The van der Waals surface area contributed by atoms with E-state index in [1.165, 1.54) is 13.2 Å². The molecule has 0 spiro atoms. The molecule has 27 heavy (non-hydrogen) atoms. The highest BCUT2D eigenvalue weighted by Gasteiger charge is 2.12. The molecule has 0 radical (unpaired) electrons. The van der Waals surface area contributed by atoms with E-state index in [-0.39, 0.29) is 12.3 Å². The topological polar surface area (TPSA) is 64.1 Å². The fraction of sp³-hybridized carbons (Fsp3) is 0.316. The minimum Gasteiger partial charge on any atom is -0.497 e. The minimum atomic E-state index is -2.90. The first-order valence-electron chi connectivity index (χ1n) is 8.25. The minimum absolute atomic E-state index is 0.0819. The molecule has 2 rings (SSSR count). The van der Waals surface area contributed by atoms with Crippen LogP contribution in [0.1, 0.15) is 11.1 Å². The maximum Gasteiger partial charge on any atom is 0.387 e. The van der Waals surface area contributed by atoms with Gasteiger partial charge >= 0.3 is 6.61 Å². The monoisotopic (exact) mass is 379 g/mol. The van der Waals surface area contributed by atoms with Gasteiger partial charge in [-0.15, -0.1) is 0 Å². The van der Waals surface area contributed by atoms with E-state index in [2.05, 4.69) is 20.4 Å². The van der Waals surface area contributed by atoms with Crippen molar-refractivity contribution < 1.29 is 23.0 Å². The number of para-hydroxylation sites is 1. The lowest BCUT2D eigenvalue weighted by Crippen LogP contribution is -2.36. The second-order valence-electron chi connectivity index (χ2n) is 5.44. The van der Waals surface area contributed by atoms with Gasteiger partial charge in [-0.2, -0.15) is 8.78 Å². The van der Waals surface area contributed by atoms with Crippen molar-refractivity contribution in [2.75, 3.05) is 21.3 Å². The van der Waals surface area contributed by atoms with Gasteiger partial charge in [0.1, 0.15) is 17.2 Å². The van der Waals surface area contributed by atoms with Crippen LogP contribution in [0, 0.1) is 0 Å². The first kappa shape index (κ1) is 20.3. The number of aliphatic imine (C=N–C) groups is 1. The van der Waals surface area contributed by atoms with E-state index in [0.717, 1.165) is 11.3 Å². The molecule has 2 N–H and O–H groups in total. The number of hydrogen-bond donors (Lipinski definition) is 2. The van der Waals surface area contributed by atoms with E-state index in [9.17, 15) is 8.78 Å². The van der Waals surface area contributed by atoms with Crippen LogP contribution in [0.4, 0.5) is 8.78 Å². The Kier molecular flexibility index (Phi) is 7.66. The number of rotatable bonds is 8. The highest BCUT2D eigenvalue weighted by Crippen LogP contribution is 2.25. The summed E-state index contributed by atoms with van der Waals surface area (Å²) >= 11 is 0. The third-order valence-electron chi connectivity index (χ3n) is 3.79. The fourth-order valence-corrected chi connectivity index (χ4v) is 2.46. The summed E-state index contributed by atoms with van der Waals surface area (Å²) in [6.07, 6.45) is 0. The molecule has 6 nitrogen and oxygen atoms in total. The number of hydrogen-bond acceptors (Lipinski definition) is 4. The molecule has 0 aliphatic carbocycles. The maximum atomic E-state index is 12.6. The van der Waals surface area contributed by atoms with Gasteiger partial charge in [-0.05, 0) is 24.3 Å². The smallest absolute Gasteiger partial charge is 0.387 e. The van der Waals surface area contributed by atoms with E-state index in [4.69, 9.17) is 9.47 Å². The maximum absolute atomic E-state index is 12.6. The second-order valence-corrected chi connectivity index (χ2v) is 5.44. The Hall–Kier alpha value is -3.03. The van der Waals surface area contributed by atoms with Gasteiger partial charge in [0.25, 0.3) is 0 Å². The zero-order chi connectivity index (χ0) is 19.6. The van der Waals surface area contributed by atoms with Gasteiger partial charge in [0.2, 0.25) is 0 Å². The molecule has 0 aliphatic rings. The molecule has 2 aromatic carbocycles. The van der Waals surface area contributed by atoms with Gasteiger partial charge in [-0.25, -0.2) is 0 Å². The average molecular weight is 379 g/mol. The molecular weight excluding hydrogens is 356 g/mol. The quantitative estimate of drug-likeness (QED) is 0.545. The first-order valence-corrected chi connectivity index (χ1v) is 8.25. The van der Waals surface area contributed by atoms with Crippen LogP contribution in [0.2, 0.25) is 0 Å². The van der Waals surface area contributed by atoms with Gasteiger partial charge in [-0.3, -0.25) is 4.99 Å². The molecular formula is C19H23F2N3O3. The van der Waals surface area contributed by atoms with E-state index in [1.807, 2.05) is 24.3 Å². The van der Waals surface area contributed by atoms with Crippen molar-refractivity contribution in [3.05, 3.63) is 53.6 Å². The second kappa shape index (κ2) is 10.2. The van der Waals surface area contributed by atoms with Gasteiger partial charge < -0.3 is 24.8 Å². The summed E-state index contributed by atoms with van der Waals surface area (Å²) < 4.78 is 40.2. The lowest BCUT2D eigenvalue weighted by Gasteiger charge is -2.16. The van der Waals surface area contributed by atoms with Crippen LogP contribution in [-0.2, 0) is 13.1 Å². The number of benzene rings is 2. The Balaban J connectivity index is 2.03. The molecule has 0 bridgehead atoms. The Morgan fingerprint density at radius 3 is 2.30 bits per heavy atom. The van der Waals surface area contributed by atoms with Crippen LogP contribution in [0.5, 0.6) is 17.2 Å². The van der Waals surface area contributed by atoms with E-state index < -0.39 is 6.61 Å². The number of ether oxygens (including phenoxy) is 3.